The summed E-state index contributed by atoms with van der Waals surface area (Å²) in [5.74, 6) is -2.08. The van der Waals surface area contributed by atoms with Crippen molar-refractivity contribution in [2.45, 2.75) is 32.6 Å². The van der Waals surface area contributed by atoms with Crippen LogP contribution in [0.1, 0.15) is 39.9 Å². The van der Waals surface area contributed by atoms with Crippen molar-refractivity contribution in [2.75, 3.05) is 6.54 Å². The fourth-order valence-corrected chi connectivity index (χ4v) is 4.04. The number of ketones is 1. The van der Waals surface area contributed by atoms with Crippen molar-refractivity contribution in [3.8, 4) is 22.9 Å². The highest BCUT2D eigenvalue weighted by molar-refractivity contribution is 5.95. The molecule has 8 nitrogen and oxygen atoms in total. The van der Waals surface area contributed by atoms with Crippen LogP contribution in [0.3, 0.4) is 0 Å². The minimum atomic E-state index is -0.924. The summed E-state index contributed by atoms with van der Waals surface area (Å²) >= 11 is 0. The molecule has 4 rings (SSSR count). The zero-order valence-electron chi connectivity index (χ0n) is 21.7. The summed E-state index contributed by atoms with van der Waals surface area (Å²) in [5, 5.41) is 11.3. The van der Waals surface area contributed by atoms with Gasteiger partial charge >= 0.3 is 5.97 Å². The molecule has 0 radical (unpaired) electrons. The molecule has 1 amide bonds. The molecule has 0 saturated carbocycles. The first-order valence-electron chi connectivity index (χ1n) is 12.6. The predicted molar refractivity (Wildman–Crippen MR) is 143 cm³/mol. The number of carbonyl (C=O) groups excluding carboxylic acids is 2. The highest BCUT2D eigenvalue weighted by Crippen LogP contribution is 2.27. The number of ether oxygens (including phenoxy) is 1. The van der Waals surface area contributed by atoms with Crippen molar-refractivity contribution in [2.24, 2.45) is 0 Å². The predicted octanol–water partition coefficient (Wildman–Crippen LogP) is 5.40. The van der Waals surface area contributed by atoms with Crippen LogP contribution in [-0.4, -0.2) is 39.3 Å². The largest absolute Gasteiger partial charge is 0.481 e. The van der Waals surface area contributed by atoms with Gasteiger partial charge in [0.15, 0.2) is 0 Å². The van der Waals surface area contributed by atoms with E-state index in [1.54, 1.807) is 43.3 Å². The first-order valence-corrected chi connectivity index (χ1v) is 12.6. The number of halogens is 2. The molecule has 0 fully saturated rings. The van der Waals surface area contributed by atoms with Gasteiger partial charge in [-0.15, -0.1) is 0 Å². The number of H-pyrrole nitrogens is 1. The molecule has 2 aromatic carbocycles. The van der Waals surface area contributed by atoms with Crippen LogP contribution in [0.25, 0.3) is 11.4 Å². The lowest BCUT2D eigenvalue weighted by atomic mass is 10.0. The van der Waals surface area contributed by atoms with Crippen molar-refractivity contribution in [1.29, 1.82) is 0 Å². The van der Waals surface area contributed by atoms with Gasteiger partial charge in [0.05, 0.1) is 17.0 Å². The SMILES string of the molecule is Cc1ccc(F)c(CC(=O)Cc2ccc(Oc3ccnc(-c4cc(C(=O)NCCCC(=O)O)c[nH]4)c3)cc2F)c1. The molecular weight excluding hydrogens is 520 g/mol. The normalized spacial score (nSPS) is 10.8. The highest BCUT2D eigenvalue weighted by atomic mass is 19.1. The van der Waals surface area contributed by atoms with E-state index in [9.17, 15) is 23.2 Å². The number of carboxylic acids is 1. The van der Waals surface area contributed by atoms with Gasteiger partial charge in [-0.3, -0.25) is 19.4 Å². The Kier molecular flexibility index (Phi) is 9.00. The summed E-state index contributed by atoms with van der Waals surface area (Å²) in [5.41, 5.74) is 2.68. The number of aromatic nitrogens is 2. The molecule has 10 heteroatoms. The van der Waals surface area contributed by atoms with Crippen LogP contribution >= 0.6 is 0 Å². The Morgan fingerprint density at radius 1 is 0.950 bits per heavy atom. The van der Waals surface area contributed by atoms with Crippen molar-refractivity contribution in [3.63, 3.8) is 0 Å². The number of aromatic amines is 1. The maximum Gasteiger partial charge on any atom is 0.303 e. The van der Waals surface area contributed by atoms with Crippen LogP contribution < -0.4 is 10.1 Å². The number of hydrogen-bond donors (Lipinski definition) is 3. The summed E-state index contributed by atoms with van der Waals surface area (Å²) in [4.78, 5) is 42.6. The van der Waals surface area contributed by atoms with Crippen LogP contribution in [0.15, 0.2) is 67.0 Å². The van der Waals surface area contributed by atoms with E-state index in [0.29, 0.717) is 29.1 Å². The lowest BCUT2D eigenvalue weighted by Gasteiger charge is -2.09. The number of nitrogens with zero attached hydrogens (tertiary/aromatic N) is 1. The number of rotatable bonds is 12. The minimum Gasteiger partial charge on any atom is -0.481 e. The maximum atomic E-state index is 14.8. The Morgan fingerprint density at radius 3 is 2.50 bits per heavy atom. The number of aliphatic carboxylic acids is 1. The van der Waals surface area contributed by atoms with E-state index >= 15 is 0 Å². The summed E-state index contributed by atoms with van der Waals surface area (Å²) in [7, 11) is 0. The zero-order chi connectivity index (χ0) is 28.6. The number of benzene rings is 2. The third-order valence-electron chi connectivity index (χ3n) is 6.04. The number of pyridine rings is 1. The Labute approximate surface area is 229 Å². The Bertz CT molecular complexity index is 1550. The van der Waals surface area contributed by atoms with E-state index in [4.69, 9.17) is 9.84 Å². The number of carboxylic acid groups (broad SMARTS) is 1. The molecule has 0 spiro atoms. The van der Waals surface area contributed by atoms with E-state index in [-0.39, 0.29) is 54.4 Å². The van der Waals surface area contributed by atoms with Gasteiger partial charge in [-0.25, -0.2) is 8.78 Å². The molecule has 40 heavy (non-hydrogen) atoms. The summed E-state index contributed by atoms with van der Waals surface area (Å²) in [6.45, 7) is 2.04. The standard InChI is InChI=1S/C30H27F2N3O5/c1-18-4-7-25(31)20(11-18)13-22(36)12-19-5-6-23(15-26(19)32)40-24-8-10-33-28(16-24)27-14-21(17-35-27)30(39)34-9-2-3-29(37)38/h4-8,10-11,14-17,35H,2-3,9,12-13H2,1H3,(H,34,39)(H,37,38). The van der Waals surface area contributed by atoms with Crippen molar-refractivity contribution < 1.29 is 33.0 Å². The van der Waals surface area contributed by atoms with Gasteiger partial charge in [-0.05, 0) is 48.7 Å². The van der Waals surface area contributed by atoms with Crippen LogP contribution in [-0.2, 0) is 22.4 Å². The average Bonchev–Trinajstić information content (AvgIpc) is 3.41. The minimum absolute atomic E-state index is 0.0324. The maximum absolute atomic E-state index is 14.8. The highest BCUT2D eigenvalue weighted by Gasteiger charge is 2.14. The number of amides is 1. The molecule has 0 aliphatic rings. The second kappa shape index (κ2) is 12.8. The van der Waals surface area contributed by atoms with E-state index in [1.165, 1.54) is 30.6 Å². The molecule has 2 heterocycles. The lowest BCUT2D eigenvalue weighted by molar-refractivity contribution is -0.137. The van der Waals surface area contributed by atoms with Crippen molar-refractivity contribution in [3.05, 3.63) is 101 Å². The van der Waals surface area contributed by atoms with E-state index in [1.807, 2.05) is 0 Å². The molecule has 0 saturated heterocycles. The molecular formula is C30H27F2N3O5. The average molecular weight is 548 g/mol. The van der Waals surface area contributed by atoms with Gasteiger partial charge < -0.3 is 20.1 Å². The number of aryl methyl sites for hydroxylation is 1. The molecule has 0 bridgehead atoms. The van der Waals surface area contributed by atoms with Gasteiger partial charge in [0.1, 0.15) is 28.9 Å². The summed E-state index contributed by atoms with van der Waals surface area (Å²) in [6.07, 6.45) is 3.00. The van der Waals surface area contributed by atoms with Crippen LogP contribution in [0.4, 0.5) is 8.78 Å². The van der Waals surface area contributed by atoms with Gasteiger partial charge in [0, 0.05) is 50.3 Å². The van der Waals surface area contributed by atoms with E-state index in [2.05, 4.69) is 15.3 Å². The number of nitrogens with one attached hydrogen (secondary N) is 2. The Hall–Kier alpha value is -4.86. The van der Waals surface area contributed by atoms with Gasteiger partial charge in [-0.1, -0.05) is 23.8 Å². The van der Waals surface area contributed by atoms with Crippen LogP contribution in [0.2, 0.25) is 0 Å². The quantitative estimate of drug-likeness (QED) is 0.204. The fourth-order valence-electron chi connectivity index (χ4n) is 4.04. The lowest BCUT2D eigenvalue weighted by Crippen LogP contribution is -2.24. The third-order valence-corrected chi connectivity index (χ3v) is 6.04. The molecule has 0 aliphatic carbocycles. The zero-order valence-corrected chi connectivity index (χ0v) is 21.7. The van der Waals surface area contributed by atoms with Crippen molar-refractivity contribution in [1.82, 2.24) is 15.3 Å². The van der Waals surface area contributed by atoms with Crippen molar-refractivity contribution >= 4 is 17.7 Å². The first kappa shape index (κ1) is 28.2. The monoisotopic (exact) mass is 547 g/mol. The van der Waals surface area contributed by atoms with Gasteiger partial charge in [0.2, 0.25) is 0 Å². The molecule has 4 aromatic rings. The molecule has 0 atom stereocenters. The molecule has 206 valence electrons. The molecule has 0 unspecified atom stereocenters. The van der Waals surface area contributed by atoms with E-state index < -0.39 is 17.6 Å². The second-order valence-corrected chi connectivity index (χ2v) is 9.27. The molecule has 3 N–H and O–H groups in total. The fraction of sp³-hybridized carbons (Fsp3) is 0.200. The van der Waals surface area contributed by atoms with Gasteiger partial charge in [0.25, 0.3) is 5.91 Å². The van der Waals surface area contributed by atoms with Gasteiger partial charge in [-0.2, -0.15) is 0 Å². The number of carbonyl (C=O) groups is 3. The van der Waals surface area contributed by atoms with Crippen LogP contribution in [0, 0.1) is 18.6 Å². The summed E-state index contributed by atoms with van der Waals surface area (Å²) < 4.78 is 34.5. The smallest absolute Gasteiger partial charge is 0.303 e. The first-order chi connectivity index (χ1) is 19.2. The van der Waals surface area contributed by atoms with Crippen LogP contribution in [0.5, 0.6) is 11.5 Å². The Morgan fingerprint density at radius 2 is 1.73 bits per heavy atom. The summed E-state index contributed by atoms with van der Waals surface area (Å²) in [6, 6.07) is 13.5. The molecule has 0 aliphatic heterocycles. The molecule has 2 aromatic heterocycles. The number of hydrogen-bond acceptors (Lipinski definition) is 5. The number of Topliss-reactive ketones (excluding diaryl/α,β-unsaturated/α-hetero) is 1. The topological polar surface area (TPSA) is 121 Å². The van der Waals surface area contributed by atoms with E-state index in [0.717, 1.165) is 5.56 Å². The Balaban J connectivity index is 1.37. The third kappa shape index (κ3) is 7.59. The second-order valence-electron chi connectivity index (χ2n) is 9.27.